The number of aliphatic hydroxyl groups excluding tert-OH is 1. The van der Waals surface area contributed by atoms with Gasteiger partial charge in [-0.2, -0.15) is 0 Å². The van der Waals surface area contributed by atoms with Crippen LogP contribution in [-0.4, -0.2) is 17.5 Å². The van der Waals surface area contributed by atoms with Crippen molar-refractivity contribution in [1.82, 2.24) is 0 Å². The number of hydrogen-bond acceptors (Lipinski definition) is 2. The Hall–Kier alpha value is -0.370. The lowest BCUT2D eigenvalue weighted by molar-refractivity contribution is -0.140. The normalized spacial score (nSPS) is 44.5. The van der Waals surface area contributed by atoms with Gasteiger partial charge in [-0.05, 0) is 116 Å². The summed E-state index contributed by atoms with van der Waals surface area (Å²) in [6, 6.07) is 0. The molecule has 2 heteroatoms. The maximum atomic E-state index is 12.2. The van der Waals surface area contributed by atoms with Gasteiger partial charge in [-0.3, -0.25) is 4.79 Å². The zero-order chi connectivity index (χ0) is 22.4. The minimum absolute atomic E-state index is 0.342. The lowest BCUT2D eigenvalue weighted by Crippen LogP contribution is -2.53. The smallest absolute Gasteiger partial charge is 0.133 e. The van der Waals surface area contributed by atoms with Crippen molar-refractivity contribution in [1.29, 1.82) is 0 Å². The Labute approximate surface area is 192 Å². The number of rotatable bonds is 7. The average molecular weight is 431 g/mol. The Morgan fingerprint density at radius 3 is 2.35 bits per heavy atom. The van der Waals surface area contributed by atoms with Crippen LogP contribution in [0, 0.1) is 58.2 Å². The molecule has 1 N–H and O–H groups in total. The quantitative estimate of drug-likeness (QED) is 0.460. The van der Waals surface area contributed by atoms with E-state index in [0.717, 1.165) is 48.9 Å². The lowest BCUT2D eigenvalue weighted by Gasteiger charge is -2.60. The third-order valence-electron chi connectivity index (χ3n) is 11.7. The Morgan fingerprint density at radius 2 is 1.65 bits per heavy atom. The van der Waals surface area contributed by atoms with E-state index in [9.17, 15) is 9.90 Å². The van der Waals surface area contributed by atoms with Crippen molar-refractivity contribution in [2.75, 3.05) is 6.61 Å². The molecular weight excluding hydrogens is 380 g/mol. The van der Waals surface area contributed by atoms with E-state index >= 15 is 0 Å². The molecule has 0 saturated heterocycles. The number of Topliss-reactive ketones (excluding diaryl/α,β-unsaturated/α-hetero) is 1. The molecule has 4 rings (SSSR count). The van der Waals surface area contributed by atoms with Crippen LogP contribution in [0.5, 0.6) is 0 Å². The van der Waals surface area contributed by atoms with Crippen LogP contribution in [0.4, 0.5) is 0 Å². The Kier molecular flexibility index (Phi) is 6.99. The van der Waals surface area contributed by atoms with Crippen molar-refractivity contribution in [3.05, 3.63) is 0 Å². The second-order valence-corrected chi connectivity index (χ2v) is 13.2. The molecule has 1 unspecified atom stereocenters. The number of carbonyl (C=O) groups is 1. The topological polar surface area (TPSA) is 37.3 Å². The molecule has 0 aromatic carbocycles. The molecule has 9 atom stereocenters. The molecule has 0 aromatic heterocycles. The molecule has 0 aromatic rings. The van der Waals surface area contributed by atoms with Crippen molar-refractivity contribution >= 4 is 5.78 Å². The van der Waals surface area contributed by atoms with Gasteiger partial charge in [0.2, 0.25) is 0 Å². The second-order valence-electron chi connectivity index (χ2n) is 13.2. The molecular formula is C29H50O2. The zero-order valence-corrected chi connectivity index (χ0v) is 21.2. The van der Waals surface area contributed by atoms with Crippen molar-refractivity contribution in [3.8, 4) is 0 Å². The fourth-order valence-corrected chi connectivity index (χ4v) is 9.68. The highest BCUT2D eigenvalue weighted by Gasteiger charge is 2.60. The van der Waals surface area contributed by atoms with Crippen molar-refractivity contribution < 1.29 is 9.90 Å². The van der Waals surface area contributed by atoms with Gasteiger partial charge in [0.15, 0.2) is 0 Å². The summed E-state index contributed by atoms with van der Waals surface area (Å²) < 4.78 is 0. The molecule has 0 radical (unpaired) electrons. The summed E-state index contributed by atoms with van der Waals surface area (Å²) >= 11 is 0. The minimum Gasteiger partial charge on any atom is -0.396 e. The van der Waals surface area contributed by atoms with Crippen LogP contribution < -0.4 is 0 Å². The largest absolute Gasteiger partial charge is 0.396 e. The molecule has 0 bridgehead atoms. The average Bonchev–Trinajstić information content (AvgIpc) is 3.08. The molecule has 2 nitrogen and oxygen atoms in total. The Morgan fingerprint density at radius 1 is 0.903 bits per heavy atom. The monoisotopic (exact) mass is 430 g/mol. The summed E-state index contributed by atoms with van der Waals surface area (Å²) in [5, 5.41) is 9.47. The lowest BCUT2D eigenvalue weighted by atomic mass is 9.44. The van der Waals surface area contributed by atoms with E-state index in [4.69, 9.17) is 0 Å². The third-order valence-corrected chi connectivity index (χ3v) is 11.7. The van der Waals surface area contributed by atoms with Gasteiger partial charge >= 0.3 is 0 Å². The first-order valence-corrected chi connectivity index (χ1v) is 13.8. The number of carbonyl (C=O) groups excluding carboxylic acids is 1. The van der Waals surface area contributed by atoms with Gasteiger partial charge in [0.1, 0.15) is 5.78 Å². The minimum atomic E-state index is 0.342. The molecule has 178 valence electrons. The maximum absolute atomic E-state index is 12.2. The molecule has 4 aliphatic rings. The van der Waals surface area contributed by atoms with E-state index < -0.39 is 0 Å². The van der Waals surface area contributed by atoms with Crippen LogP contribution in [0.2, 0.25) is 0 Å². The Balaban J connectivity index is 1.44. The van der Waals surface area contributed by atoms with Crippen LogP contribution in [0.15, 0.2) is 0 Å². The maximum Gasteiger partial charge on any atom is 0.133 e. The fraction of sp³-hybridized carbons (Fsp3) is 0.966. The number of fused-ring (bicyclic) bond motifs is 5. The number of ketones is 1. The van der Waals surface area contributed by atoms with Crippen LogP contribution in [0.3, 0.4) is 0 Å². The van der Waals surface area contributed by atoms with Gasteiger partial charge in [-0.1, -0.05) is 41.0 Å². The third kappa shape index (κ3) is 4.17. The van der Waals surface area contributed by atoms with Gasteiger partial charge in [-0.25, -0.2) is 0 Å². The van der Waals surface area contributed by atoms with Crippen LogP contribution in [0.1, 0.15) is 112 Å². The molecule has 0 heterocycles. The summed E-state index contributed by atoms with van der Waals surface area (Å²) in [5.74, 6) is 6.99. The summed E-state index contributed by atoms with van der Waals surface area (Å²) in [7, 11) is 0. The van der Waals surface area contributed by atoms with Gasteiger partial charge in [0.25, 0.3) is 0 Å². The van der Waals surface area contributed by atoms with E-state index in [1.165, 1.54) is 57.8 Å². The van der Waals surface area contributed by atoms with Gasteiger partial charge < -0.3 is 5.11 Å². The first-order valence-electron chi connectivity index (χ1n) is 13.8. The summed E-state index contributed by atoms with van der Waals surface area (Å²) in [4.78, 5) is 12.2. The zero-order valence-electron chi connectivity index (χ0n) is 21.2. The highest BCUT2D eigenvalue weighted by Crippen LogP contribution is 2.68. The molecule has 4 saturated carbocycles. The highest BCUT2D eigenvalue weighted by molar-refractivity contribution is 5.79. The van der Waals surface area contributed by atoms with Crippen molar-refractivity contribution in [2.24, 2.45) is 58.2 Å². The first-order chi connectivity index (χ1) is 14.7. The van der Waals surface area contributed by atoms with E-state index in [2.05, 4.69) is 34.6 Å². The van der Waals surface area contributed by atoms with Crippen LogP contribution in [-0.2, 0) is 4.79 Å². The molecule has 4 fully saturated rings. The molecule has 0 aliphatic heterocycles. The van der Waals surface area contributed by atoms with E-state index in [1.54, 1.807) is 0 Å². The fourth-order valence-electron chi connectivity index (χ4n) is 9.68. The predicted molar refractivity (Wildman–Crippen MR) is 129 cm³/mol. The summed E-state index contributed by atoms with van der Waals surface area (Å²) in [6.07, 6.45) is 14.9. The van der Waals surface area contributed by atoms with Gasteiger partial charge in [0, 0.05) is 19.4 Å². The first kappa shape index (κ1) is 23.8. The van der Waals surface area contributed by atoms with E-state index in [-0.39, 0.29) is 0 Å². The standard InChI is InChI=1S/C29H50O2/c1-19(2)21(14-17-30)7-6-20(3)25-10-11-26-24-9-8-22-18-23(31)12-15-28(22,4)27(24)13-16-29(25,26)5/h19-22,24-27,30H,6-18H2,1-5H3/t20-,21+,22?,24+,25-,26+,27+,28+,29-/m1/s1. The summed E-state index contributed by atoms with van der Waals surface area (Å²) in [5.41, 5.74) is 0.981. The predicted octanol–water partition coefficient (Wildman–Crippen LogP) is 7.29. The van der Waals surface area contributed by atoms with Crippen molar-refractivity contribution in [2.45, 2.75) is 112 Å². The molecule has 31 heavy (non-hydrogen) atoms. The molecule has 0 amide bonds. The van der Waals surface area contributed by atoms with Crippen LogP contribution >= 0.6 is 0 Å². The number of hydrogen-bond donors (Lipinski definition) is 1. The Bertz CT molecular complexity index is 641. The van der Waals surface area contributed by atoms with Gasteiger partial charge in [0.05, 0.1) is 0 Å². The van der Waals surface area contributed by atoms with Gasteiger partial charge in [-0.15, -0.1) is 0 Å². The summed E-state index contributed by atoms with van der Waals surface area (Å²) in [6.45, 7) is 12.8. The van der Waals surface area contributed by atoms with Crippen molar-refractivity contribution in [3.63, 3.8) is 0 Å². The van der Waals surface area contributed by atoms with Crippen LogP contribution in [0.25, 0.3) is 0 Å². The van der Waals surface area contributed by atoms with E-state index in [0.29, 0.717) is 41.0 Å². The number of aliphatic hydroxyl groups is 1. The second kappa shape index (κ2) is 9.11. The molecule has 4 aliphatic carbocycles. The van der Waals surface area contributed by atoms with E-state index in [1.807, 2.05) is 0 Å². The SMILES string of the molecule is CC(C)[C@H](CCO)CC[C@@H](C)[C@H]1CC[C@H]2[C@@H]3CCC4CC(=O)CC[C@]4(C)[C@H]3CC[C@]12C. The highest BCUT2D eigenvalue weighted by atomic mass is 16.3. The molecule has 0 spiro atoms.